The smallest absolute Gasteiger partial charge is 0.257 e. The number of thiazole rings is 1. The highest BCUT2D eigenvalue weighted by atomic mass is 35.5. The van der Waals surface area contributed by atoms with Gasteiger partial charge < -0.3 is 15.4 Å². The van der Waals surface area contributed by atoms with E-state index in [-0.39, 0.29) is 36.8 Å². The molecule has 2 heterocycles. The third kappa shape index (κ3) is 5.08. The quantitative estimate of drug-likeness (QED) is 0.871. The van der Waals surface area contributed by atoms with Crippen molar-refractivity contribution >= 4 is 42.1 Å². The van der Waals surface area contributed by atoms with E-state index in [2.05, 4.69) is 4.98 Å². The van der Waals surface area contributed by atoms with Crippen LogP contribution in [0.2, 0.25) is 0 Å². The van der Waals surface area contributed by atoms with Crippen LogP contribution < -0.4 is 10.5 Å². The first-order valence-electron chi connectivity index (χ1n) is 7.38. The average Bonchev–Trinajstić information content (AvgIpc) is 3.07. The number of piperidine rings is 1. The number of ether oxygens (including phenoxy) is 1. The van der Waals surface area contributed by atoms with E-state index in [9.17, 15) is 4.79 Å². The van der Waals surface area contributed by atoms with Gasteiger partial charge in [-0.25, -0.2) is 4.98 Å². The van der Waals surface area contributed by atoms with Crippen molar-refractivity contribution in [2.45, 2.75) is 25.5 Å². The number of nitrogens with two attached hydrogens (primary N) is 1. The standard InChI is InChI=1S/C16H19N3O2S.2ClH/c17-12-5-7-19(8-6-12)16(20)14-3-1-2-4-15(14)21-9-13-10-22-11-18-13;;/h1-4,10-12H,5-9,17H2;2*1H. The van der Waals surface area contributed by atoms with Gasteiger partial charge in [0.25, 0.3) is 5.91 Å². The number of halogens is 2. The number of hydrogen-bond acceptors (Lipinski definition) is 5. The molecule has 24 heavy (non-hydrogen) atoms. The van der Waals surface area contributed by atoms with Gasteiger partial charge in [-0.2, -0.15) is 0 Å². The van der Waals surface area contributed by atoms with Crippen molar-refractivity contribution in [2.75, 3.05) is 13.1 Å². The fourth-order valence-electron chi connectivity index (χ4n) is 2.50. The Labute approximate surface area is 158 Å². The zero-order valence-corrected chi connectivity index (χ0v) is 15.5. The van der Waals surface area contributed by atoms with E-state index in [1.807, 2.05) is 34.5 Å². The first kappa shape index (κ1) is 20.7. The van der Waals surface area contributed by atoms with E-state index >= 15 is 0 Å². The molecule has 2 aromatic rings. The Hall–Kier alpha value is -1.34. The van der Waals surface area contributed by atoms with Gasteiger partial charge in [-0.05, 0) is 25.0 Å². The van der Waals surface area contributed by atoms with E-state index in [0.29, 0.717) is 31.0 Å². The van der Waals surface area contributed by atoms with Crippen LogP contribution in [0.1, 0.15) is 28.9 Å². The summed E-state index contributed by atoms with van der Waals surface area (Å²) in [5, 5.41) is 1.94. The van der Waals surface area contributed by atoms with Crippen molar-refractivity contribution in [3.63, 3.8) is 0 Å². The lowest BCUT2D eigenvalue weighted by molar-refractivity contribution is 0.0710. The molecule has 1 saturated heterocycles. The summed E-state index contributed by atoms with van der Waals surface area (Å²) in [6.45, 7) is 1.79. The van der Waals surface area contributed by atoms with Gasteiger partial charge in [-0.1, -0.05) is 12.1 Å². The Balaban J connectivity index is 0.00000144. The summed E-state index contributed by atoms with van der Waals surface area (Å²) >= 11 is 1.53. The summed E-state index contributed by atoms with van der Waals surface area (Å²) in [6.07, 6.45) is 1.71. The highest BCUT2D eigenvalue weighted by molar-refractivity contribution is 7.07. The molecule has 0 atom stereocenters. The lowest BCUT2D eigenvalue weighted by atomic mass is 10.0. The van der Waals surface area contributed by atoms with Gasteiger partial charge in [0.1, 0.15) is 12.4 Å². The maximum Gasteiger partial charge on any atom is 0.257 e. The highest BCUT2D eigenvalue weighted by Crippen LogP contribution is 2.22. The van der Waals surface area contributed by atoms with Gasteiger partial charge in [-0.15, -0.1) is 36.2 Å². The first-order chi connectivity index (χ1) is 10.7. The Morgan fingerprint density at radius 2 is 2.00 bits per heavy atom. The van der Waals surface area contributed by atoms with Gasteiger partial charge >= 0.3 is 0 Å². The van der Waals surface area contributed by atoms with Gasteiger partial charge in [0.2, 0.25) is 0 Å². The molecule has 0 bridgehead atoms. The summed E-state index contributed by atoms with van der Waals surface area (Å²) in [5.41, 5.74) is 9.15. The zero-order chi connectivity index (χ0) is 15.4. The number of likely N-dealkylation sites (tertiary alicyclic amines) is 1. The van der Waals surface area contributed by atoms with Gasteiger partial charge in [0.05, 0.1) is 16.8 Å². The molecule has 0 saturated carbocycles. The average molecular weight is 390 g/mol. The number of para-hydroxylation sites is 1. The lowest BCUT2D eigenvalue weighted by Gasteiger charge is -2.30. The van der Waals surface area contributed by atoms with Crippen LogP contribution >= 0.6 is 36.2 Å². The molecule has 1 aliphatic rings. The minimum absolute atomic E-state index is 0. The monoisotopic (exact) mass is 389 g/mol. The molecule has 0 unspecified atom stereocenters. The third-order valence-electron chi connectivity index (χ3n) is 3.80. The molecule has 8 heteroatoms. The van der Waals surface area contributed by atoms with Crippen LogP contribution in [0.25, 0.3) is 0 Å². The number of amides is 1. The van der Waals surface area contributed by atoms with Crippen molar-refractivity contribution < 1.29 is 9.53 Å². The minimum atomic E-state index is 0. The fourth-order valence-corrected chi connectivity index (χ4v) is 3.05. The molecule has 132 valence electrons. The molecule has 0 radical (unpaired) electrons. The summed E-state index contributed by atoms with van der Waals surface area (Å²) in [7, 11) is 0. The van der Waals surface area contributed by atoms with Crippen LogP contribution in [-0.4, -0.2) is 34.9 Å². The lowest BCUT2D eigenvalue weighted by Crippen LogP contribution is -2.42. The number of carbonyl (C=O) groups is 1. The predicted molar refractivity (Wildman–Crippen MR) is 100 cm³/mol. The number of hydrogen-bond donors (Lipinski definition) is 1. The van der Waals surface area contributed by atoms with E-state index < -0.39 is 0 Å². The fraction of sp³-hybridized carbons (Fsp3) is 0.375. The molecule has 2 N–H and O–H groups in total. The molecule has 0 aliphatic carbocycles. The molecule has 3 rings (SSSR count). The van der Waals surface area contributed by atoms with E-state index in [1.54, 1.807) is 5.51 Å². The second-order valence-corrected chi connectivity index (χ2v) is 6.11. The molecule has 0 spiro atoms. The number of carbonyl (C=O) groups excluding carboxylic acids is 1. The molecule has 1 aliphatic heterocycles. The first-order valence-corrected chi connectivity index (χ1v) is 8.32. The SMILES string of the molecule is Cl.Cl.NC1CCN(C(=O)c2ccccc2OCc2cscn2)CC1. The second kappa shape index (κ2) is 9.84. The summed E-state index contributed by atoms with van der Waals surface area (Å²) in [4.78, 5) is 18.7. The summed E-state index contributed by atoms with van der Waals surface area (Å²) in [6, 6.07) is 7.58. The highest BCUT2D eigenvalue weighted by Gasteiger charge is 2.23. The predicted octanol–water partition coefficient (Wildman–Crippen LogP) is 3.13. The summed E-state index contributed by atoms with van der Waals surface area (Å²) in [5.74, 6) is 0.621. The maximum absolute atomic E-state index is 12.7. The summed E-state index contributed by atoms with van der Waals surface area (Å²) < 4.78 is 5.79. The van der Waals surface area contributed by atoms with Crippen LogP contribution in [0.5, 0.6) is 5.75 Å². The van der Waals surface area contributed by atoms with Crippen molar-refractivity contribution in [2.24, 2.45) is 5.73 Å². The van der Waals surface area contributed by atoms with Crippen LogP contribution in [0.3, 0.4) is 0 Å². The van der Waals surface area contributed by atoms with E-state index in [4.69, 9.17) is 10.5 Å². The van der Waals surface area contributed by atoms with Crippen molar-refractivity contribution in [3.05, 3.63) is 46.4 Å². The zero-order valence-electron chi connectivity index (χ0n) is 13.1. The third-order valence-corrected chi connectivity index (χ3v) is 4.44. The number of rotatable bonds is 4. The van der Waals surface area contributed by atoms with Crippen LogP contribution in [0, 0.1) is 0 Å². The number of benzene rings is 1. The van der Waals surface area contributed by atoms with Gasteiger partial charge in [-0.3, -0.25) is 4.79 Å². The van der Waals surface area contributed by atoms with Crippen molar-refractivity contribution in [1.29, 1.82) is 0 Å². The molecule has 1 fully saturated rings. The normalized spacial score (nSPS) is 14.5. The Morgan fingerprint density at radius 1 is 1.29 bits per heavy atom. The molecule has 1 amide bonds. The van der Waals surface area contributed by atoms with Crippen LogP contribution in [0.4, 0.5) is 0 Å². The van der Waals surface area contributed by atoms with Crippen LogP contribution in [-0.2, 0) is 6.61 Å². The molecular formula is C16H21Cl2N3O2S. The van der Waals surface area contributed by atoms with Gasteiger partial charge in [0.15, 0.2) is 0 Å². The topological polar surface area (TPSA) is 68.5 Å². The van der Waals surface area contributed by atoms with Crippen LogP contribution in [0.15, 0.2) is 35.2 Å². The Morgan fingerprint density at radius 3 is 2.67 bits per heavy atom. The largest absolute Gasteiger partial charge is 0.486 e. The van der Waals surface area contributed by atoms with Crippen molar-refractivity contribution in [3.8, 4) is 5.75 Å². The van der Waals surface area contributed by atoms with E-state index in [1.165, 1.54) is 11.3 Å². The maximum atomic E-state index is 12.7. The minimum Gasteiger partial charge on any atom is -0.486 e. The number of nitrogens with zero attached hydrogens (tertiary/aromatic N) is 2. The van der Waals surface area contributed by atoms with E-state index in [0.717, 1.165) is 18.5 Å². The molecule has 1 aromatic heterocycles. The molecule has 5 nitrogen and oxygen atoms in total. The molecule has 1 aromatic carbocycles. The number of aromatic nitrogens is 1. The Bertz CT molecular complexity index is 632. The van der Waals surface area contributed by atoms with Gasteiger partial charge in [0, 0.05) is 24.5 Å². The second-order valence-electron chi connectivity index (χ2n) is 5.39. The Kier molecular flexibility index (Phi) is 8.48. The molecular weight excluding hydrogens is 369 g/mol. The van der Waals surface area contributed by atoms with Crippen molar-refractivity contribution in [1.82, 2.24) is 9.88 Å².